The number of rotatable bonds is 7. The van der Waals surface area contributed by atoms with Gasteiger partial charge < -0.3 is 5.32 Å². The van der Waals surface area contributed by atoms with E-state index in [1.165, 1.54) is 12.1 Å². The van der Waals surface area contributed by atoms with Gasteiger partial charge in [0.05, 0.1) is 27.8 Å². The summed E-state index contributed by atoms with van der Waals surface area (Å²) in [6.07, 6.45) is 4.28. The molecule has 4 nitrogen and oxygen atoms in total. The summed E-state index contributed by atoms with van der Waals surface area (Å²) < 4.78 is 36.8. The van der Waals surface area contributed by atoms with Gasteiger partial charge in [-0.25, -0.2) is 17.8 Å². The molecule has 0 aliphatic rings. The van der Waals surface area contributed by atoms with Crippen LogP contribution in [-0.2, 0) is 22.8 Å². The zero-order valence-electron chi connectivity index (χ0n) is 12.6. The normalized spacial score (nSPS) is 11.6. The predicted octanol–water partition coefficient (Wildman–Crippen LogP) is 3.64. The van der Waals surface area contributed by atoms with Crippen molar-refractivity contribution in [3.63, 3.8) is 0 Å². The summed E-state index contributed by atoms with van der Waals surface area (Å²) in [6, 6.07) is 3.74. The Hall–Kier alpha value is -1.47. The summed E-state index contributed by atoms with van der Waals surface area (Å²) in [6.45, 7) is 2.50. The van der Waals surface area contributed by atoms with Crippen LogP contribution in [0, 0.1) is 5.82 Å². The van der Waals surface area contributed by atoms with E-state index in [-0.39, 0.29) is 10.6 Å². The van der Waals surface area contributed by atoms with Gasteiger partial charge in [-0.05, 0) is 31.0 Å². The van der Waals surface area contributed by atoms with E-state index < -0.39 is 15.7 Å². The van der Waals surface area contributed by atoms with Crippen molar-refractivity contribution in [2.75, 3.05) is 11.6 Å². The Bertz CT molecular complexity index is 742. The molecule has 0 spiro atoms. The molecule has 1 N–H and O–H groups in total. The first-order valence-corrected chi connectivity index (χ1v) is 9.84. The minimum atomic E-state index is -3.35. The Kier molecular flexibility index (Phi) is 5.52. The van der Waals surface area contributed by atoms with E-state index in [9.17, 15) is 12.8 Å². The van der Waals surface area contributed by atoms with Crippen LogP contribution in [0.1, 0.15) is 30.5 Å². The van der Waals surface area contributed by atoms with Crippen molar-refractivity contribution in [2.45, 2.75) is 37.6 Å². The smallest absolute Gasteiger partial charge is 0.175 e. The van der Waals surface area contributed by atoms with Crippen LogP contribution in [-0.4, -0.2) is 19.7 Å². The maximum absolute atomic E-state index is 13.8. The van der Waals surface area contributed by atoms with Crippen molar-refractivity contribution < 1.29 is 12.8 Å². The number of nitrogens with one attached hydrogen (secondary N) is 1. The van der Waals surface area contributed by atoms with E-state index in [0.717, 1.165) is 42.3 Å². The van der Waals surface area contributed by atoms with Crippen LogP contribution in [0.5, 0.6) is 0 Å². The Morgan fingerprint density at radius 1 is 1.36 bits per heavy atom. The molecule has 0 aliphatic carbocycles. The molecule has 0 atom stereocenters. The molecule has 1 aromatic carbocycles. The van der Waals surface area contributed by atoms with E-state index in [0.29, 0.717) is 6.54 Å². The number of aryl methyl sites for hydroxylation is 1. The monoisotopic (exact) mass is 342 g/mol. The van der Waals surface area contributed by atoms with Crippen LogP contribution >= 0.6 is 11.3 Å². The number of anilines is 1. The van der Waals surface area contributed by atoms with Crippen molar-refractivity contribution in [3.8, 4) is 0 Å². The van der Waals surface area contributed by atoms with E-state index in [1.807, 2.05) is 5.38 Å². The molecule has 22 heavy (non-hydrogen) atoms. The second kappa shape index (κ2) is 7.19. The number of halogens is 1. The molecule has 1 heterocycles. The van der Waals surface area contributed by atoms with Gasteiger partial charge in [-0.3, -0.25) is 0 Å². The predicted molar refractivity (Wildman–Crippen MR) is 87.6 cm³/mol. The molecule has 0 radical (unpaired) electrons. The lowest BCUT2D eigenvalue weighted by atomic mass is 10.2. The molecule has 2 rings (SSSR count). The van der Waals surface area contributed by atoms with Gasteiger partial charge in [-0.1, -0.05) is 13.3 Å². The van der Waals surface area contributed by atoms with Crippen molar-refractivity contribution in [1.82, 2.24) is 4.98 Å². The maximum atomic E-state index is 13.8. The lowest BCUT2D eigenvalue weighted by Crippen LogP contribution is -2.04. The van der Waals surface area contributed by atoms with Gasteiger partial charge in [0.1, 0.15) is 5.82 Å². The highest BCUT2D eigenvalue weighted by Crippen LogP contribution is 2.21. The van der Waals surface area contributed by atoms with Gasteiger partial charge in [0.2, 0.25) is 0 Å². The Morgan fingerprint density at radius 2 is 2.14 bits per heavy atom. The maximum Gasteiger partial charge on any atom is 0.175 e. The third-order valence-electron chi connectivity index (χ3n) is 3.17. The minimum absolute atomic E-state index is 0.0957. The number of aromatic nitrogens is 1. The van der Waals surface area contributed by atoms with Gasteiger partial charge >= 0.3 is 0 Å². The van der Waals surface area contributed by atoms with E-state index >= 15 is 0 Å². The molecule has 0 fully saturated rings. The molecular formula is C15H19FN2O2S2. The topological polar surface area (TPSA) is 59.1 Å². The van der Waals surface area contributed by atoms with Crippen LogP contribution < -0.4 is 5.32 Å². The molecule has 0 bridgehead atoms. The molecule has 0 unspecified atom stereocenters. The first kappa shape index (κ1) is 16.9. The minimum Gasteiger partial charge on any atom is -0.377 e. The van der Waals surface area contributed by atoms with Crippen LogP contribution in [0.2, 0.25) is 0 Å². The quantitative estimate of drug-likeness (QED) is 0.781. The van der Waals surface area contributed by atoms with Crippen molar-refractivity contribution in [3.05, 3.63) is 40.1 Å². The van der Waals surface area contributed by atoms with Gasteiger partial charge in [0.15, 0.2) is 9.84 Å². The highest BCUT2D eigenvalue weighted by atomic mass is 32.2. The second-order valence-corrected chi connectivity index (χ2v) is 8.06. The molecular weight excluding hydrogens is 323 g/mol. The summed E-state index contributed by atoms with van der Waals surface area (Å²) >= 11 is 1.60. The molecule has 0 saturated heterocycles. The summed E-state index contributed by atoms with van der Waals surface area (Å²) in [4.78, 5) is 4.57. The van der Waals surface area contributed by atoms with Crippen molar-refractivity contribution in [1.29, 1.82) is 0 Å². The number of benzene rings is 1. The largest absolute Gasteiger partial charge is 0.377 e. The number of hydrogen-bond donors (Lipinski definition) is 1. The fourth-order valence-corrected chi connectivity index (χ4v) is 3.42. The SMILES string of the molecule is CCCCc1nc(CNc2cc(S(C)(=O)=O)ccc2F)cs1. The Balaban J connectivity index is 2.06. The summed E-state index contributed by atoms with van der Waals surface area (Å²) in [5.41, 5.74) is 1.01. The number of nitrogens with zero attached hydrogens (tertiary/aromatic N) is 1. The molecule has 2 aromatic rings. The third-order valence-corrected chi connectivity index (χ3v) is 5.24. The number of hydrogen-bond acceptors (Lipinski definition) is 5. The summed E-state index contributed by atoms with van der Waals surface area (Å²) in [5.74, 6) is -0.478. The summed E-state index contributed by atoms with van der Waals surface area (Å²) in [7, 11) is -3.35. The first-order valence-electron chi connectivity index (χ1n) is 7.07. The lowest BCUT2D eigenvalue weighted by Gasteiger charge is -2.08. The molecule has 7 heteroatoms. The zero-order valence-corrected chi connectivity index (χ0v) is 14.2. The fourth-order valence-electron chi connectivity index (χ4n) is 1.93. The van der Waals surface area contributed by atoms with Crippen molar-refractivity contribution in [2.24, 2.45) is 0 Å². The van der Waals surface area contributed by atoms with Gasteiger partial charge in [-0.2, -0.15) is 0 Å². The van der Waals surface area contributed by atoms with Crippen LogP contribution in [0.15, 0.2) is 28.5 Å². The van der Waals surface area contributed by atoms with E-state index in [1.54, 1.807) is 11.3 Å². The number of thiazole rings is 1. The number of unbranched alkanes of at least 4 members (excludes halogenated alkanes) is 1. The Labute approximate surface area is 134 Å². The van der Waals surface area contributed by atoms with E-state index in [4.69, 9.17) is 0 Å². The van der Waals surface area contributed by atoms with Crippen molar-refractivity contribution >= 4 is 26.9 Å². The standard InChI is InChI=1S/C15H19FN2O2S2/c1-3-4-5-15-18-11(10-21-15)9-17-14-8-12(22(2,19)20)6-7-13(14)16/h6-8,10,17H,3-5,9H2,1-2H3. The fraction of sp³-hybridized carbons (Fsp3) is 0.400. The van der Waals surface area contributed by atoms with Gasteiger partial charge in [0.25, 0.3) is 0 Å². The molecule has 0 amide bonds. The van der Waals surface area contributed by atoms with Crippen LogP contribution in [0.25, 0.3) is 0 Å². The highest BCUT2D eigenvalue weighted by molar-refractivity contribution is 7.90. The van der Waals surface area contributed by atoms with Crippen LogP contribution in [0.3, 0.4) is 0 Å². The van der Waals surface area contributed by atoms with Gasteiger partial charge in [-0.15, -0.1) is 11.3 Å². The molecule has 0 saturated carbocycles. The first-order chi connectivity index (χ1) is 10.4. The second-order valence-electron chi connectivity index (χ2n) is 5.10. The molecule has 120 valence electrons. The van der Waals surface area contributed by atoms with E-state index in [2.05, 4.69) is 17.2 Å². The Morgan fingerprint density at radius 3 is 2.82 bits per heavy atom. The average molecular weight is 342 g/mol. The lowest BCUT2D eigenvalue weighted by molar-refractivity contribution is 0.600. The average Bonchev–Trinajstić information content (AvgIpc) is 2.91. The third kappa shape index (κ3) is 4.51. The van der Waals surface area contributed by atoms with Gasteiger partial charge in [0, 0.05) is 11.6 Å². The van der Waals surface area contributed by atoms with Crippen LogP contribution in [0.4, 0.5) is 10.1 Å². The molecule has 0 aliphatic heterocycles. The molecule has 1 aromatic heterocycles. The highest BCUT2D eigenvalue weighted by Gasteiger charge is 2.11. The zero-order chi connectivity index (χ0) is 16.2. The summed E-state index contributed by atoms with van der Waals surface area (Å²) in [5, 5.41) is 5.93. The number of sulfone groups is 1.